The Morgan fingerprint density at radius 1 is 0.968 bits per heavy atom. The van der Waals surface area contributed by atoms with E-state index in [1.54, 1.807) is 14.2 Å². The molecule has 164 valence electrons. The van der Waals surface area contributed by atoms with E-state index < -0.39 is 0 Å². The molecule has 0 spiro atoms. The van der Waals surface area contributed by atoms with Crippen LogP contribution in [0.15, 0.2) is 42.5 Å². The number of hydrogen-bond acceptors (Lipinski definition) is 4. The Morgan fingerprint density at radius 2 is 1.68 bits per heavy atom. The Labute approximate surface area is 183 Å². The molecule has 1 atom stereocenters. The maximum absolute atomic E-state index is 13.3. The second-order valence-electron chi connectivity index (χ2n) is 8.33. The lowest BCUT2D eigenvalue weighted by molar-refractivity contribution is -0.141. The predicted molar refractivity (Wildman–Crippen MR) is 118 cm³/mol. The molecule has 31 heavy (non-hydrogen) atoms. The number of amides is 2. The van der Waals surface area contributed by atoms with Crippen LogP contribution < -0.4 is 9.47 Å². The van der Waals surface area contributed by atoms with E-state index in [9.17, 15) is 9.59 Å². The number of nitrogens with zero attached hydrogens (tertiary/aromatic N) is 2. The quantitative estimate of drug-likeness (QED) is 0.743. The molecule has 2 aromatic rings. The summed E-state index contributed by atoms with van der Waals surface area (Å²) in [6.45, 7) is 2.51. The Kier molecular flexibility index (Phi) is 6.44. The van der Waals surface area contributed by atoms with Gasteiger partial charge in [0.2, 0.25) is 11.8 Å². The average Bonchev–Trinajstić information content (AvgIpc) is 2.83. The Hall–Kier alpha value is -3.02. The van der Waals surface area contributed by atoms with Crippen LogP contribution in [-0.4, -0.2) is 55.5 Å². The van der Waals surface area contributed by atoms with Crippen molar-refractivity contribution in [1.82, 2.24) is 9.80 Å². The number of likely N-dealkylation sites (tertiary alicyclic amines) is 1. The standard InChI is InChI=1S/C25H30N2O4/c1-30-22-14-19-10-12-27(17-21(19)15-23(22)31-2)25(29)20-9-6-11-26(16-20)24(28)13-18-7-4-3-5-8-18/h3-5,7-8,14-15,20H,6,9-13,16-17H2,1-2H3. The Morgan fingerprint density at radius 3 is 2.39 bits per heavy atom. The van der Waals surface area contributed by atoms with Crippen LogP contribution in [0.3, 0.4) is 0 Å². The van der Waals surface area contributed by atoms with Crippen LogP contribution in [0.1, 0.15) is 29.5 Å². The number of ether oxygens (including phenoxy) is 2. The van der Waals surface area contributed by atoms with Gasteiger partial charge in [0.25, 0.3) is 0 Å². The third-order valence-corrected chi connectivity index (χ3v) is 6.35. The predicted octanol–water partition coefficient (Wildman–Crippen LogP) is 3.07. The maximum Gasteiger partial charge on any atom is 0.227 e. The molecule has 2 aromatic carbocycles. The molecular weight excluding hydrogens is 392 g/mol. The zero-order chi connectivity index (χ0) is 21.8. The molecule has 0 saturated carbocycles. The van der Waals surface area contributed by atoms with Crippen molar-refractivity contribution in [1.29, 1.82) is 0 Å². The number of piperidine rings is 1. The van der Waals surface area contributed by atoms with Crippen LogP contribution in [0.2, 0.25) is 0 Å². The summed E-state index contributed by atoms with van der Waals surface area (Å²) in [7, 11) is 3.26. The zero-order valence-corrected chi connectivity index (χ0v) is 18.3. The van der Waals surface area contributed by atoms with Crippen LogP contribution in [0.4, 0.5) is 0 Å². The summed E-state index contributed by atoms with van der Waals surface area (Å²) >= 11 is 0. The molecule has 1 fully saturated rings. The van der Waals surface area contributed by atoms with Gasteiger partial charge in [0, 0.05) is 26.2 Å². The molecule has 1 unspecified atom stereocenters. The van der Waals surface area contributed by atoms with Crippen molar-refractivity contribution in [2.45, 2.75) is 32.2 Å². The van der Waals surface area contributed by atoms with E-state index in [1.165, 1.54) is 5.56 Å². The molecule has 6 heteroatoms. The first kappa shape index (κ1) is 21.2. The van der Waals surface area contributed by atoms with Gasteiger partial charge in [0.1, 0.15) is 0 Å². The van der Waals surface area contributed by atoms with Crippen LogP contribution in [0.25, 0.3) is 0 Å². The topological polar surface area (TPSA) is 59.1 Å². The summed E-state index contributed by atoms with van der Waals surface area (Å²) < 4.78 is 10.8. The number of methoxy groups -OCH3 is 2. The van der Waals surface area contributed by atoms with Gasteiger partial charge in [-0.25, -0.2) is 0 Å². The Bertz CT molecular complexity index is 944. The summed E-state index contributed by atoms with van der Waals surface area (Å²) in [6.07, 6.45) is 2.89. The third-order valence-electron chi connectivity index (χ3n) is 6.35. The van der Waals surface area contributed by atoms with Crippen molar-refractivity contribution in [2.75, 3.05) is 33.9 Å². The average molecular weight is 423 g/mol. The molecule has 2 aliphatic heterocycles. The van der Waals surface area contributed by atoms with Crippen molar-refractivity contribution in [3.63, 3.8) is 0 Å². The molecule has 0 aromatic heterocycles. The summed E-state index contributed by atoms with van der Waals surface area (Å²) in [5.41, 5.74) is 3.31. The van der Waals surface area contributed by atoms with Gasteiger partial charge in [-0.2, -0.15) is 0 Å². The first-order valence-electron chi connectivity index (χ1n) is 10.9. The highest BCUT2D eigenvalue weighted by atomic mass is 16.5. The second-order valence-corrected chi connectivity index (χ2v) is 8.33. The highest BCUT2D eigenvalue weighted by molar-refractivity contribution is 5.82. The fourth-order valence-corrected chi connectivity index (χ4v) is 4.62. The highest BCUT2D eigenvalue weighted by Gasteiger charge is 2.32. The number of benzene rings is 2. The zero-order valence-electron chi connectivity index (χ0n) is 18.3. The number of carbonyl (C=O) groups is 2. The summed E-state index contributed by atoms with van der Waals surface area (Å²) in [4.78, 5) is 29.9. The Balaban J connectivity index is 1.41. The smallest absolute Gasteiger partial charge is 0.227 e. The van der Waals surface area contributed by atoms with Crippen LogP contribution >= 0.6 is 0 Å². The first-order valence-corrected chi connectivity index (χ1v) is 10.9. The lowest BCUT2D eigenvalue weighted by Crippen LogP contribution is -2.48. The fraction of sp³-hybridized carbons (Fsp3) is 0.440. The van der Waals surface area contributed by atoms with Crippen LogP contribution in [0, 0.1) is 5.92 Å². The van der Waals surface area contributed by atoms with Crippen molar-refractivity contribution in [2.24, 2.45) is 5.92 Å². The lowest BCUT2D eigenvalue weighted by Gasteiger charge is -2.37. The van der Waals surface area contributed by atoms with Crippen molar-refractivity contribution < 1.29 is 19.1 Å². The molecule has 6 nitrogen and oxygen atoms in total. The van der Waals surface area contributed by atoms with Crippen molar-refractivity contribution in [3.05, 3.63) is 59.2 Å². The van der Waals surface area contributed by atoms with Crippen molar-refractivity contribution in [3.8, 4) is 11.5 Å². The van der Waals surface area contributed by atoms with Gasteiger partial charge in [0.05, 0.1) is 26.6 Å². The van der Waals surface area contributed by atoms with Gasteiger partial charge >= 0.3 is 0 Å². The van der Waals surface area contributed by atoms with Crippen molar-refractivity contribution >= 4 is 11.8 Å². The summed E-state index contributed by atoms with van der Waals surface area (Å²) in [6, 6.07) is 13.8. The highest BCUT2D eigenvalue weighted by Crippen LogP contribution is 2.34. The normalized spacial score (nSPS) is 18.3. The lowest BCUT2D eigenvalue weighted by atomic mass is 9.93. The molecule has 1 saturated heterocycles. The van der Waals surface area contributed by atoms with E-state index in [1.807, 2.05) is 52.3 Å². The molecule has 4 rings (SSSR count). The SMILES string of the molecule is COc1cc2c(cc1OC)CN(C(=O)C1CCCN(C(=O)Cc3ccccc3)C1)CC2. The fourth-order valence-electron chi connectivity index (χ4n) is 4.62. The minimum Gasteiger partial charge on any atom is -0.493 e. The summed E-state index contributed by atoms with van der Waals surface area (Å²) in [5.74, 6) is 1.53. The monoisotopic (exact) mass is 422 g/mol. The van der Waals surface area contributed by atoms with Gasteiger partial charge in [-0.15, -0.1) is 0 Å². The van der Waals surface area contributed by atoms with Gasteiger partial charge < -0.3 is 19.3 Å². The van der Waals surface area contributed by atoms with Gasteiger partial charge in [-0.1, -0.05) is 30.3 Å². The van der Waals surface area contributed by atoms with E-state index in [2.05, 4.69) is 0 Å². The minimum absolute atomic E-state index is 0.101. The largest absolute Gasteiger partial charge is 0.493 e. The van der Waals surface area contributed by atoms with E-state index >= 15 is 0 Å². The van der Waals surface area contributed by atoms with Crippen LogP contribution in [-0.2, 0) is 29.0 Å². The minimum atomic E-state index is -0.129. The third kappa shape index (κ3) is 4.68. The van der Waals surface area contributed by atoms with Crippen LogP contribution in [0.5, 0.6) is 11.5 Å². The molecule has 0 aliphatic carbocycles. The van der Waals surface area contributed by atoms with Gasteiger partial charge in [0.15, 0.2) is 11.5 Å². The molecule has 2 aliphatic rings. The van der Waals surface area contributed by atoms with E-state index in [-0.39, 0.29) is 17.7 Å². The summed E-state index contributed by atoms with van der Waals surface area (Å²) in [5, 5.41) is 0. The van der Waals surface area contributed by atoms with E-state index in [0.29, 0.717) is 31.8 Å². The first-order chi connectivity index (χ1) is 15.1. The molecule has 0 N–H and O–H groups in total. The molecule has 0 radical (unpaired) electrons. The number of rotatable bonds is 5. The molecular formula is C25H30N2O4. The molecule has 2 heterocycles. The van der Waals surface area contributed by atoms with Gasteiger partial charge in [-0.05, 0) is 48.1 Å². The van der Waals surface area contributed by atoms with E-state index in [4.69, 9.17) is 9.47 Å². The maximum atomic E-state index is 13.3. The number of carbonyl (C=O) groups excluding carboxylic acids is 2. The molecule has 2 amide bonds. The van der Waals surface area contributed by atoms with Gasteiger partial charge in [-0.3, -0.25) is 9.59 Å². The molecule has 0 bridgehead atoms. The van der Waals surface area contributed by atoms with E-state index in [0.717, 1.165) is 42.7 Å². The number of hydrogen-bond donors (Lipinski definition) is 0. The number of fused-ring (bicyclic) bond motifs is 1. The second kappa shape index (κ2) is 9.41.